The smallest absolute Gasteiger partial charge is 0.0595 e. The Morgan fingerprint density at radius 3 is 2.90 bits per heavy atom. The van der Waals surface area contributed by atoms with Crippen molar-refractivity contribution in [2.45, 2.75) is 31.8 Å². The van der Waals surface area contributed by atoms with Crippen molar-refractivity contribution in [1.82, 2.24) is 10.2 Å². The highest BCUT2D eigenvalue weighted by molar-refractivity contribution is 6.42. The predicted octanol–water partition coefficient (Wildman–Crippen LogP) is 3.58. The van der Waals surface area contributed by atoms with Crippen molar-refractivity contribution in [3.63, 3.8) is 0 Å². The van der Waals surface area contributed by atoms with Crippen LogP contribution in [0.4, 0.5) is 0 Å². The normalized spacial score (nSPS) is 19.9. The lowest BCUT2D eigenvalue weighted by Crippen LogP contribution is -2.45. The van der Waals surface area contributed by atoms with Gasteiger partial charge in [0.05, 0.1) is 16.7 Å². The van der Waals surface area contributed by atoms with Crippen LogP contribution < -0.4 is 5.32 Å². The average molecular weight is 331 g/mol. The molecule has 0 bridgehead atoms. The molecule has 1 atom stereocenters. The molecule has 1 aromatic carbocycles. The van der Waals surface area contributed by atoms with E-state index in [0.29, 0.717) is 16.1 Å². The molecule has 1 N–H and O–H groups in total. The van der Waals surface area contributed by atoms with Gasteiger partial charge in [-0.05, 0) is 37.1 Å². The largest absolute Gasteiger partial charge is 0.383 e. The van der Waals surface area contributed by atoms with Gasteiger partial charge in [-0.3, -0.25) is 4.90 Å². The molecular formula is C16H24Cl2N2O. The Morgan fingerprint density at radius 1 is 1.29 bits per heavy atom. The second-order valence-electron chi connectivity index (χ2n) is 5.57. The predicted molar refractivity (Wildman–Crippen MR) is 89.3 cm³/mol. The monoisotopic (exact) mass is 330 g/mol. The van der Waals surface area contributed by atoms with Crippen LogP contribution in [0, 0.1) is 0 Å². The van der Waals surface area contributed by atoms with Gasteiger partial charge in [0.1, 0.15) is 0 Å². The lowest BCUT2D eigenvalue weighted by molar-refractivity contribution is 0.133. The molecular weight excluding hydrogens is 307 g/mol. The number of hydrogen-bond acceptors (Lipinski definition) is 3. The fourth-order valence-corrected chi connectivity index (χ4v) is 3.14. The Labute approximate surface area is 137 Å². The molecule has 1 aromatic rings. The zero-order valence-corrected chi connectivity index (χ0v) is 14.1. The van der Waals surface area contributed by atoms with Crippen LogP contribution in [0.2, 0.25) is 10.0 Å². The highest BCUT2D eigenvalue weighted by atomic mass is 35.5. The van der Waals surface area contributed by atoms with Gasteiger partial charge >= 0.3 is 0 Å². The Morgan fingerprint density at radius 2 is 2.14 bits per heavy atom. The van der Waals surface area contributed by atoms with E-state index in [-0.39, 0.29) is 0 Å². The molecule has 0 aromatic heterocycles. The maximum Gasteiger partial charge on any atom is 0.0595 e. The molecule has 0 radical (unpaired) electrons. The molecule has 2 rings (SSSR count). The minimum absolute atomic E-state index is 0.588. The number of rotatable bonds is 7. The second kappa shape index (κ2) is 8.96. The highest BCUT2D eigenvalue weighted by Gasteiger charge is 2.22. The zero-order valence-electron chi connectivity index (χ0n) is 12.6. The summed E-state index contributed by atoms with van der Waals surface area (Å²) in [6, 6.07) is 6.52. The minimum atomic E-state index is 0.588. The molecule has 0 aliphatic carbocycles. The summed E-state index contributed by atoms with van der Waals surface area (Å²) in [6.07, 6.45) is 3.84. The quantitative estimate of drug-likeness (QED) is 0.773. The fourth-order valence-electron chi connectivity index (χ4n) is 2.81. The van der Waals surface area contributed by atoms with Gasteiger partial charge in [-0.25, -0.2) is 0 Å². The van der Waals surface area contributed by atoms with Gasteiger partial charge in [0.25, 0.3) is 0 Å². The first-order valence-electron chi connectivity index (χ1n) is 7.58. The van der Waals surface area contributed by atoms with Crippen molar-refractivity contribution >= 4 is 23.2 Å². The van der Waals surface area contributed by atoms with Gasteiger partial charge in [0, 0.05) is 32.8 Å². The number of benzene rings is 1. The van der Waals surface area contributed by atoms with E-state index in [1.54, 1.807) is 7.11 Å². The fraction of sp³-hybridized carbons (Fsp3) is 0.625. The van der Waals surface area contributed by atoms with Crippen molar-refractivity contribution in [1.29, 1.82) is 0 Å². The summed E-state index contributed by atoms with van der Waals surface area (Å²) in [6.45, 7) is 4.78. The molecule has 1 heterocycles. The van der Waals surface area contributed by atoms with Gasteiger partial charge in [-0.2, -0.15) is 0 Å². The SMILES string of the molecule is COCCNCC1CCCCN1Cc1ccc(Cl)c(Cl)c1. The summed E-state index contributed by atoms with van der Waals surface area (Å²) in [5.41, 5.74) is 1.23. The first kappa shape index (κ1) is 17.0. The molecule has 0 spiro atoms. The number of piperidine rings is 1. The maximum atomic E-state index is 6.11. The van der Waals surface area contributed by atoms with Gasteiger partial charge in [0.15, 0.2) is 0 Å². The molecule has 5 heteroatoms. The Hall–Kier alpha value is -0.320. The molecule has 21 heavy (non-hydrogen) atoms. The van der Waals surface area contributed by atoms with E-state index in [0.717, 1.165) is 32.8 Å². The molecule has 0 saturated carbocycles. The molecule has 1 unspecified atom stereocenters. The van der Waals surface area contributed by atoms with Crippen LogP contribution in [-0.4, -0.2) is 44.3 Å². The molecule has 1 aliphatic rings. The number of nitrogens with zero attached hydrogens (tertiary/aromatic N) is 1. The van der Waals surface area contributed by atoms with Gasteiger partial charge in [-0.1, -0.05) is 35.7 Å². The van der Waals surface area contributed by atoms with Gasteiger partial charge in [-0.15, -0.1) is 0 Å². The highest BCUT2D eigenvalue weighted by Crippen LogP contribution is 2.25. The molecule has 3 nitrogen and oxygen atoms in total. The Kier molecular flexibility index (Phi) is 7.27. The van der Waals surface area contributed by atoms with E-state index in [1.807, 2.05) is 12.1 Å². The zero-order chi connectivity index (χ0) is 15.1. The number of ether oxygens (including phenoxy) is 1. The minimum Gasteiger partial charge on any atom is -0.383 e. The first-order chi connectivity index (χ1) is 10.2. The molecule has 1 aliphatic heterocycles. The number of likely N-dealkylation sites (tertiary alicyclic amines) is 1. The third kappa shape index (κ3) is 5.42. The Bertz CT molecular complexity index is 442. The summed E-state index contributed by atoms with van der Waals surface area (Å²) in [7, 11) is 1.73. The lowest BCUT2D eigenvalue weighted by Gasteiger charge is -2.36. The summed E-state index contributed by atoms with van der Waals surface area (Å²) in [4.78, 5) is 2.54. The first-order valence-corrected chi connectivity index (χ1v) is 8.34. The number of halogens is 2. The van der Waals surface area contributed by atoms with E-state index < -0.39 is 0 Å². The van der Waals surface area contributed by atoms with E-state index in [4.69, 9.17) is 27.9 Å². The van der Waals surface area contributed by atoms with Crippen molar-refractivity contribution in [3.05, 3.63) is 33.8 Å². The van der Waals surface area contributed by atoms with Crippen LogP contribution in [0.5, 0.6) is 0 Å². The van der Waals surface area contributed by atoms with E-state index in [1.165, 1.54) is 24.8 Å². The summed E-state index contributed by atoms with van der Waals surface area (Å²) >= 11 is 12.1. The molecule has 0 amide bonds. The number of nitrogens with one attached hydrogen (secondary N) is 1. The summed E-state index contributed by atoms with van der Waals surface area (Å²) in [5, 5.41) is 4.74. The molecule has 1 saturated heterocycles. The molecule has 118 valence electrons. The van der Waals surface area contributed by atoms with Crippen molar-refractivity contribution < 1.29 is 4.74 Å². The maximum absolute atomic E-state index is 6.11. The topological polar surface area (TPSA) is 24.5 Å². The van der Waals surface area contributed by atoms with E-state index in [9.17, 15) is 0 Å². The van der Waals surface area contributed by atoms with Gasteiger partial charge < -0.3 is 10.1 Å². The van der Waals surface area contributed by atoms with Crippen LogP contribution >= 0.6 is 23.2 Å². The van der Waals surface area contributed by atoms with Crippen molar-refractivity contribution in [2.24, 2.45) is 0 Å². The van der Waals surface area contributed by atoms with Crippen LogP contribution in [-0.2, 0) is 11.3 Å². The lowest BCUT2D eigenvalue weighted by atomic mass is 10.0. The summed E-state index contributed by atoms with van der Waals surface area (Å²) in [5.74, 6) is 0. The summed E-state index contributed by atoms with van der Waals surface area (Å²) < 4.78 is 5.07. The van der Waals surface area contributed by atoms with Crippen LogP contribution in [0.15, 0.2) is 18.2 Å². The Balaban J connectivity index is 1.90. The van der Waals surface area contributed by atoms with Crippen molar-refractivity contribution in [2.75, 3.05) is 33.4 Å². The third-order valence-electron chi connectivity index (χ3n) is 3.98. The van der Waals surface area contributed by atoms with Crippen LogP contribution in [0.1, 0.15) is 24.8 Å². The molecule has 1 fully saturated rings. The van der Waals surface area contributed by atoms with Crippen LogP contribution in [0.25, 0.3) is 0 Å². The van der Waals surface area contributed by atoms with Crippen molar-refractivity contribution in [3.8, 4) is 0 Å². The average Bonchev–Trinajstić information content (AvgIpc) is 2.49. The van der Waals surface area contributed by atoms with E-state index >= 15 is 0 Å². The number of hydrogen-bond donors (Lipinski definition) is 1. The van der Waals surface area contributed by atoms with E-state index in [2.05, 4.69) is 16.3 Å². The van der Waals surface area contributed by atoms with Crippen LogP contribution in [0.3, 0.4) is 0 Å². The third-order valence-corrected chi connectivity index (χ3v) is 4.72. The standard InChI is InChI=1S/C16H24Cl2N2O/c1-21-9-7-19-11-14-4-2-3-8-20(14)12-13-5-6-15(17)16(18)10-13/h5-6,10,14,19H,2-4,7-9,11-12H2,1H3. The number of methoxy groups -OCH3 is 1. The van der Waals surface area contributed by atoms with Gasteiger partial charge in [0.2, 0.25) is 0 Å². The second-order valence-corrected chi connectivity index (χ2v) is 6.38.